The van der Waals surface area contributed by atoms with Crippen molar-refractivity contribution in [2.75, 3.05) is 18.5 Å². The molecule has 1 aromatic rings. The Morgan fingerprint density at radius 3 is 2.33 bits per heavy atom. The fourth-order valence-corrected chi connectivity index (χ4v) is 2.65. The van der Waals surface area contributed by atoms with Gasteiger partial charge < -0.3 is 15.3 Å². The van der Waals surface area contributed by atoms with Gasteiger partial charge in [-0.05, 0) is 30.0 Å². The van der Waals surface area contributed by atoms with Crippen LogP contribution in [0.15, 0.2) is 24.3 Å². The summed E-state index contributed by atoms with van der Waals surface area (Å²) < 4.78 is 0. The van der Waals surface area contributed by atoms with Crippen LogP contribution >= 0.6 is 0 Å². The fourth-order valence-electron chi connectivity index (χ4n) is 2.65. The molecule has 2 atom stereocenters. The molecule has 0 radical (unpaired) electrons. The first-order valence-electron chi connectivity index (χ1n) is 7.44. The second kappa shape index (κ2) is 5.43. The zero-order valence-corrected chi connectivity index (χ0v) is 13.6. The zero-order valence-electron chi connectivity index (χ0n) is 13.6. The molecule has 1 fully saturated rings. The van der Waals surface area contributed by atoms with Gasteiger partial charge in [0.25, 0.3) is 0 Å². The molecule has 1 amide bonds. The van der Waals surface area contributed by atoms with E-state index in [0.717, 1.165) is 5.69 Å². The maximum atomic E-state index is 12.5. The van der Waals surface area contributed by atoms with Crippen molar-refractivity contribution >= 4 is 11.6 Å². The lowest BCUT2D eigenvalue weighted by Gasteiger charge is -2.24. The lowest BCUT2D eigenvalue weighted by atomic mass is 9.87. The smallest absolute Gasteiger partial charge is 0.243 e. The van der Waals surface area contributed by atoms with Gasteiger partial charge in [-0.1, -0.05) is 32.9 Å². The molecule has 0 saturated carbocycles. The zero-order chi connectivity index (χ0) is 15.8. The predicted molar refractivity (Wildman–Crippen MR) is 85.6 cm³/mol. The average molecular weight is 290 g/mol. The Hall–Kier alpha value is -1.39. The summed E-state index contributed by atoms with van der Waals surface area (Å²) in [6, 6.07) is 7.78. The van der Waals surface area contributed by atoms with Crippen LogP contribution in [0.1, 0.15) is 39.7 Å². The van der Waals surface area contributed by atoms with E-state index in [1.165, 1.54) is 5.56 Å². The molecule has 116 valence electrons. The molecule has 1 heterocycles. The molecular formula is C17H26N2O2. The highest BCUT2D eigenvalue weighted by molar-refractivity contribution is 5.97. The molecule has 2 rings (SSSR count). The third kappa shape index (κ3) is 3.63. The summed E-state index contributed by atoms with van der Waals surface area (Å²) >= 11 is 0. The van der Waals surface area contributed by atoms with E-state index >= 15 is 0 Å². The van der Waals surface area contributed by atoms with Crippen LogP contribution in [0.5, 0.6) is 0 Å². The molecule has 0 bridgehead atoms. The minimum absolute atomic E-state index is 0.00344. The summed E-state index contributed by atoms with van der Waals surface area (Å²) in [6.07, 6.45) is 0.455. The first kappa shape index (κ1) is 16.0. The highest BCUT2D eigenvalue weighted by atomic mass is 16.3. The summed E-state index contributed by atoms with van der Waals surface area (Å²) in [6.45, 7) is 8.72. The van der Waals surface area contributed by atoms with Gasteiger partial charge >= 0.3 is 0 Å². The van der Waals surface area contributed by atoms with Crippen molar-refractivity contribution in [2.24, 2.45) is 0 Å². The normalized spacial score (nSPS) is 25.9. The predicted octanol–water partition coefficient (Wildman–Crippen LogP) is 2.06. The molecule has 4 nitrogen and oxygen atoms in total. The average Bonchev–Trinajstić information content (AvgIpc) is 2.76. The topological polar surface area (TPSA) is 52.6 Å². The Morgan fingerprint density at radius 2 is 1.90 bits per heavy atom. The molecule has 4 heteroatoms. The molecule has 0 aromatic heterocycles. The highest BCUT2D eigenvalue weighted by Gasteiger charge is 2.37. The van der Waals surface area contributed by atoms with Crippen molar-refractivity contribution in [2.45, 2.75) is 51.2 Å². The van der Waals surface area contributed by atoms with Gasteiger partial charge in [-0.2, -0.15) is 0 Å². The molecule has 0 aliphatic carbocycles. The number of hydrogen-bond acceptors (Lipinski definition) is 3. The van der Waals surface area contributed by atoms with Crippen LogP contribution in [-0.2, 0) is 10.2 Å². The third-order valence-corrected chi connectivity index (χ3v) is 4.12. The molecule has 21 heavy (non-hydrogen) atoms. The number of aliphatic hydroxyl groups is 1. The number of anilines is 1. The Labute approximate surface area is 127 Å². The number of hydrogen-bond donors (Lipinski definition) is 2. The van der Waals surface area contributed by atoms with E-state index in [1.807, 2.05) is 12.1 Å². The number of carbonyl (C=O) groups excluding carboxylic acids is 1. The number of carbonyl (C=O) groups is 1. The minimum Gasteiger partial charge on any atom is -0.389 e. The van der Waals surface area contributed by atoms with Crippen LogP contribution in [0.4, 0.5) is 5.69 Å². The van der Waals surface area contributed by atoms with Gasteiger partial charge in [0.2, 0.25) is 5.91 Å². The Kier molecular flexibility index (Phi) is 4.13. The van der Waals surface area contributed by atoms with E-state index in [9.17, 15) is 9.90 Å². The van der Waals surface area contributed by atoms with E-state index in [0.29, 0.717) is 13.0 Å². The van der Waals surface area contributed by atoms with Gasteiger partial charge in [-0.15, -0.1) is 0 Å². The number of likely N-dealkylation sites (N-methyl/N-ethyl adjacent to an activating group) is 1. The van der Waals surface area contributed by atoms with E-state index in [4.69, 9.17) is 0 Å². The van der Waals surface area contributed by atoms with Crippen molar-refractivity contribution in [3.63, 3.8) is 0 Å². The lowest BCUT2D eigenvalue weighted by Crippen LogP contribution is -2.41. The molecule has 1 saturated heterocycles. The second-order valence-electron chi connectivity index (χ2n) is 7.33. The maximum Gasteiger partial charge on any atom is 0.243 e. The quantitative estimate of drug-likeness (QED) is 0.876. The molecule has 0 spiro atoms. The third-order valence-electron chi connectivity index (χ3n) is 4.12. The number of rotatable bonds is 2. The van der Waals surface area contributed by atoms with Gasteiger partial charge in [0.15, 0.2) is 0 Å². The minimum atomic E-state index is -0.794. The maximum absolute atomic E-state index is 12.5. The number of benzene rings is 1. The Bertz CT molecular complexity index is 515. The molecule has 1 aliphatic heterocycles. The van der Waals surface area contributed by atoms with E-state index in [-0.39, 0.29) is 17.4 Å². The second-order valence-corrected chi connectivity index (χ2v) is 7.33. The summed E-state index contributed by atoms with van der Waals surface area (Å²) in [5, 5.41) is 13.1. The van der Waals surface area contributed by atoms with Gasteiger partial charge in [0.05, 0.1) is 11.6 Å². The number of nitrogens with one attached hydrogen (secondary N) is 1. The van der Waals surface area contributed by atoms with E-state index < -0.39 is 5.60 Å². The molecule has 1 aliphatic rings. The summed E-state index contributed by atoms with van der Waals surface area (Å²) in [5.74, 6) is -0.00344. The van der Waals surface area contributed by atoms with Crippen LogP contribution < -0.4 is 10.2 Å². The van der Waals surface area contributed by atoms with Gasteiger partial charge in [-0.3, -0.25) is 4.79 Å². The Balaban J connectivity index is 2.10. The van der Waals surface area contributed by atoms with Crippen LogP contribution in [0.25, 0.3) is 0 Å². The molecular weight excluding hydrogens is 264 g/mol. The van der Waals surface area contributed by atoms with Crippen molar-refractivity contribution in [3.8, 4) is 0 Å². The monoisotopic (exact) mass is 290 g/mol. The van der Waals surface area contributed by atoms with E-state index in [2.05, 4.69) is 38.2 Å². The lowest BCUT2D eigenvalue weighted by molar-refractivity contribution is -0.120. The van der Waals surface area contributed by atoms with Gasteiger partial charge in [0, 0.05) is 25.7 Å². The van der Waals surface area contributed by atoms with Crippen LogP contribution in [0, 0.1) is 0 Å². The Morgan fingerprint density at radius 1 is 1.33 bits per heavy atom. The van der Waals surface area contributed by atoms with Crippen LogP contribution in [0.2, 0.25) is 0 Å². The number of nitrogens with zero attached hydrogens (tertiary/aromatic N) is 1. The summed E-state index contributed by atoms with van der Waals surface area (Å²) in [5.41, 5.74) is 1.43. The first-order valence-corrected chi connectivity index (χ1v) is 7.44. The van der Waals surface area contributed by atoms with Crippen molar-refractivity contribution in [3.05, 3.63) is 29.8 Å². The van der Waals surface area contributed by atoms with Crippen molar-refractivity contribution in [1.29, 1.82) is 0 Å². The number of amides is 1. The SMILES string of the molecule is CN(C(=O)[C@H]1C[C@@](C)(O)CN1)c1ccc(C(C)(C)C)cc1. The van der Waals surface area contributed by atoms with E-state index in [1.54, 1.807) is 18.9 Å². The first-order chi connectivity index (χ1) is 9.60. The van der Waals surface area contributed by atoms with Crippen LogP contribution in [0.3, 0.4) is 0 Å². The standard InChI is InChI=1S/C17H26N2O2/c1-16(2,3)12-6-8-13(9-7-12)19(5)15(20)14-10-17(4,21)11-18-14/h6-9,14,18,21H,10-11H2,1-5H3/t14-,17-/m1/s1. The highest BCUT2D eigenvalue weighted by Crippen LogP contribution is 2.26. The van der Waals surface area contributed by atoms with Gasteiger partial charge in [0.1, 0.15) is 0 Å². The summed E-state index contributed by atoms with van der Waals surface area (Å²) in [7, 11) is 1.78. The summed E-state index contributed by atoms with van der Waals surface area (Å²) in [4.78, 5) is 14.1. The largest absolute Gasteiger partial charge is 0.389 e. The molecule has 2 N–H and O–H groups in total. The molecule has 1 aromatic carbocycles. The number of β-amino-alcohol motifs (C(OH)–C–C–N with tert-alkyl or cyclic N) is 1. The van der Waals surface area contributed by atoms with Gasteiger partial charge in [-0.25, -0.2) is 0 Å². The molecule has 0 unspecified atom stereocenters. The van der Waals surface area contributed by atoms with Crippen molar-refractivity contribution < 1.29 is 9.90 Å². The van der Waals surface area contributed by atoms with Crippen LogP contribution in [-0.4, -0.2) is 36.2 Å². The fraction of sp³-hybridized carbons (Fsp3) is 0.588. The van der Waals surface area contributed by atoms with Crippen molar-refractivity contribution in [1.82, 2.24) is 5.32 Å².